The van der Waals surface area contributed by atoms with Gasteiger partial charge < -0.3 is 9.80 Å². The number of likely N-dealkylation sites (tertiary alicyclic amines) is 2. The lowest BCUT2D eigenvalue weighted by molar-refractivity contribution is -0.127. The van der Waals surface area contributed by atoms with Crippen LogP contribution in [0.1, 0.15) is 35.2 Å². The van der Waals surface area contributed by atoms with Gasteiger partial charge in [0.05, 0.1) is 0 Å². The van der Waals surface area contributed by atoms with Crippen LogP contribution in [0.15, 0.2) is 66.7 Å². The molecule has 2 heterocycles. The van der Waals surface area contributed by atoms with Crippen LogP contribution in [-0.2, 0) is 4.79 Å². The zero-order valence-corrected chi connectivity index (χ0v) is 16.1. The topological polar surface area (TPSA) is 40.6 Å². The van der Waals surface area contributed by atoms with Gasteiger partial charge in [0, 0.05) is 43.6 Å². The summed E-state index contributed by atoms with van der Waals surface area (Å²) in [7, 11) is 0. The molecular formula is C24H26N2O2. The Balaban J connectivity index is 1.33. The van der Waals surface area contributed by atoms with Gasteiger partial charge in [-0.15, -0.1) is 0 Å². The first-order chi connectivity index (χ1) is 13.7. The van der Waals surface area contributed by atoms with Gasteiger partial charge in [-0.3, -0.25) is 9.59 Å². The van der Waals surface area contributed by atoms with Crippen LogP contribution in [-0.4, -0.2) is 47.8 Å². The molecule has 4 heteroatoms. The number of carbonyl (C=O) groups excluding carboxylic acids is 2. The second-order valence-corrected chi connectivity index (χ2v) is 7.92. The first-order valence-electron chi connectivity index (χ1n) is 9.99. The molecule has 1 spiro atoms. The van der Waals surface area contributed by atoms with Crippen molar-refractivity contribution in [3.8, 4) is 0 Å². The first kappa shape index (κ1) is 18.5. The van der Waals surface area contributed by atoms with Crippen LogP contribution >= 0.6 is 0 Å². The number of hydrogen-bond acceptors (Lipinski definition) is 2. The Morgan fingerprint density at radius 2 is 1.61 bits per heavy atom. The molecule has 2 amide bonds. The third kappa shape index (κ3) is 4.01. The second-order valence-electron chi connectivity index (χ2n) is 7.92. The molecular weight excluding hydrogens is 348 g/mol. The van der Waals surface area contributed by atoms with E-state index in [1.807, 2.05) is 58.3 Å². The second kappa shape index (κ2) is 8.01. The lowest BCUT2D eigenvalue weighted by Crippen LogP contribution is -2.44. The van der Waals surface area contributed by atoms with E-state index < -0.39 is 0 Å². The van der Waals surface area contributed by atoms with E-state index in [2.05, 4.69) is 24.3 Å². The van der Waals surface area contributed by atoms with Crippen LogP contribution in [0.4, 0.5) is 0 Å². The number of carbonyl (C=O) groups is 2. The van der Waals surface area contributed by atoms with Crippen molar-refractivity contribution < 1.29 is 9.59 Å². The Hall–Kier alpha value is -2.88. The van der Waals surface area contributed by atoms with E-state index in [4.69, 9.17) is 0 Å². The Labute approximate surface area is 166 Å². The SMILES string of the molecule is O=C1CC2(CCN(C(=O)c3ccccc3)CC2)CN1CC=Cc1ccccc1. The average molecular weight is 374 g/mol. The van der Waals surface area contributed by atoms with E-state index in [1.54, 1.807) is 0 Å². The monoisotopic (exact) mass is 374 g/mol. The lowest BCUT2D eigenvalue weighted by atomic mass is 9.77. The van der Waals surface area contributed by atoms with E-state index >= 15 is 0 Å². The van der Waals surface area contributed by atoms with Crippen LogP contribution in [0.2, 0.25) is 0 Å². The molecule has 0 bridgehead atoms. The van der Waals surface area contributed by atoms with E-state index in [9.17, 15) is 9.59 Å². The molecule has 2 aliphatic heterocycles. The van der Waals surface area contributed by atoms with E-state index in [1.165, 1.54) is 0 Å². The van der Waals surface area contributed by atoms with Crippen LogP contribution in [0.3, 0.4) is 0 Å². The molecule has 0 saturated carbocycles. The summed E-state index contributed by atoms with van der Waals surface area (Å²) >= 11 is 0. The van der Waals surface area contributed by atoms with Crippen molar-refractivity contribution in [2.45, 2.75) is 19.3 Å². The first-order valence-corrected chi connectivity index (χ1v) is 9.99. The Bertz CT molecular complexity index is 853. The molecule has 2 aliphatic rings. The summed E-state index contributed by atoms with van der Waals surface area (Å²) in [5, 5.41) is 0. The molecule has 2 aromatic carbocycles. The van der Waals surface area contributed by atoms with Gasteiger partial charge in [0.25, 0.3) is 5.91 Å². The minimum absolute atomic E-state index is 0.0329. The molecule has 0 N–H and O–H groups in total. The highest BCUT2D eigenvalue weighted by atomic mass is 16.2. The molecule has 0 atom stereocenters. The minimum atomic E-state index is 0.0329. The van der Waals surface area contributed by atoms with Crippen molar-refractivity contribution in [3.63, 3.8) is 0 Å². The summed E-state index contributed by atoms with van der Waals surface area (Å²) in [5.41, 5.74) is 1.93. The highest BCUT2D eigenvalue weighted by Gasteiger charge is 2.45. The molecule has 2 aromatic rings. The highest BCUT2D eigenvalue weighted by Crippen LogP contribution is 2.41. The Morgan fingerprint density at radius 3 is 2.29 bits per heavy atom. The van der Waals surface area contributed by atoms with Gasteiger partial charge >= 0.3 is 0 Å². The lowest BCUT2D eigenvalue weighted by Gasteiger charge is -2.38. The average Bonchev–Trinajstić information content (AvgIpc) is 3.04. The predicted molar refractivity (Wildman–Crippen MR) is 111 cm³/mol. The van der Waals surface area contributed by atoms with Gasteiger partial charge in [-0.05, 0) is 30.5 Å². The molecule has 0 aliphatic carbocycles. The molecule has 2 fully saturated rings. The van der Waals surface area contributed by atoms with Gasteiger partial charge in [-0.2, -0.15) is 0 Å². The van der Waals surface area contributed by atoms with Gasteiger partial charge in [-0.1, -0.05) is 60.7 Å². The summed E-state index contributed by atoms with van der Waals surface area (Å²) < 4.78 is 0. The molecule has 0 radical (unpaired) electrons. The summed E-state index contributed by atoms with van der Waals surface area (Å²) in [6.07, 6.45) is 6.55. The summed E-state index contributed by atoms with van der Waals surface area (Å²) in [5.74, 6) is 0.336. The molecule has 4 nitrogen and oxygen atoms in total. The number of rotatable bonds is 4. The van der Waals surface area contributed by atoms with Crippen LogP contribution in [0.25, 0.3) is 6.08 Å². The van der Waals surface area contributed by atoms with Crippen LogP contribution in [0.5, 0.6) is 0 Å². The van der Waals surface area contributed by atoms with Crippen molar-refractivity contribution in [2.75, 3.05) is 26.2 Å². The quantitative estimate of drug-likeness (QED) is 0.815. The third-order valence-corrected chi connectivity index (χ3v) is 5.97. The standard InChI is InChI=1S/C24H26N2O2/c27-22-18-24(19-26(22)15-7-10-20-8-3-1-4-9-20)13-16-25(17-14-24)23(28)21-11-5-2-6-12-21/h1-12H,13-19H2. The summed E-state index contributed by atoms with van der Waals surface area (Å²) in [6, 6.07) is 19.6. The summed E-state index contributed by atoms with van der Waals surface area (Å²) in [6.45, 7) is 2.92. The number of hydrogen-bond donors (Lipinski definition) is 0. The van der Waals surface area contributed by atoms with Gasteiger partial charge in [0.2, 0.25) is 5.91 Å². The Kier molecular flexibility index (Phi) is 5.29. The zero-order chi connectivity index (χ0) is 19.4. The van der Waals surface area contributed by atoms with Crippen LogP contribution < -0.4 is 0 Å². The minimum Gasteiger partial charge on any atom is -0.339 e. The Morgan fingerprint density at radius 1 is 0.964 bits per heavy atom. The molecule has 4 rings (SSSR count). The predicted octanol–water partition coefficient (Wildman–Crippen LogP) is 3.85. The molecule has 0 unspecified atom stereocenters. The maximum atomic E-state index is 12.6. The van der Waals surface area contributed by atoms with E-state index in [0.717, 1.165) is 43.6 Å². The van der Waals surface area contributed by atoms with Gasteiger partial charge in [-0.25, -0.2) is 0 Å². The van der Waals surface area contributed by atoms with Crippen molar-refractivity contribution in [1.29, 1.82) is 0 Å². The summed E-state index contributed by atoms with van der Waals surface area (Å²) in [4.78, 5) is 29.1. The molecule has 0 aromatic heterocycles. The zero-order valence-electron chi connectivity index (χ0n) is 16.1. The molecule has 2 saturated heterocycles. The van der Waals surface area contributed by atoms with E-state index in [0.29, 0.717) is 13.0 Å². The molecule has 144 valence electrons. The number of piperidine rings is 1. The third-order valence-electron chi connectivity index (χ3n) is 5.97. The largest absolute Gasteiger partial charge is 0.339 e. The number of benzene rings is 2. The molecule has 28 heavy (non-hydrogen) atoms. The van der Waals surface area contributed by atoms with Crippen molar-refractivity contribution in [2.24, 2.45) is 5.41 Å². The van der Waals surface area contributed by atoms with Crippen molar-refractivity contribution in [3.05, 3.63) is 77.9 Å². The smallest absolute Gasteiger partial charge is 0.253 e. The van der Waals surface area contributed by atoms with Gasteiger partial charge in [0.15, 0.2) is 0 Å². The van der Waals surface area contributed by atoms with E-state index in [-0.39, 0.29) is 17.2 Å². The fourth-order valence-electron chi connectivity index (χ4n) is 4.31. The maximum absolute atomic E-state index is 12.6. The van der Waals surface area contributed by atoms with Crippen molar-refractivity contribution >= 4 is 17.9 Å². The highest BCUT2D eigenvalue weighted by molar-refractivity contribution is 5.94. The fourth-order valence-corrected chi connectivity index (χ4v) is 4.31. The number of amides is 2. The fraction of sp³-hybridized carbons (Fsp3) is 0.333. The number of nitrogens with zero attached hydrogens (tertiary/aromatic N) is 2. The normalized spacial score (nSPS) is 18.9. The van der Waals surface area contributed by atoms with Crippen molar-refractivity contribution in [1.82, 2.24) is 9.80 Å². The maximum Gasteiger partial charge on any atom is 0.253 e. The van der Waals surface area contributed by atoms with Crippen LogP contribution in [0, 0.1) is 5.41 Å². The van der Waals surface area contributed by atoms with Gasteiger partial charge in [0.1, 0.15) is 0 Å².